The summed E-state index contributed by atoms with van der Waals surface area (Å²) in [6, 6.07) is 4.55. The number of halogens is 3. The first-order chi connectivity index (χ1) is 13.3. The van der Waals surface area contributed by atoms with Crippen molar-refractivity contribution in [2.75, 3.05) is 18.0 Å². The maximum Gasteiger partial charge on any atom is 0.366 e. The molecule has 0 radical (unpaired) electrons. The Hall–Kier alpha value is -1.80. The molecule has 1 N–H and O–H groups in total. The van der Waals surface area contributed by atoms with Gasteiger partial charge in [-0.05, 0) is 30.7 Å². The fourth-order valence-electron chi connectivity index (χ4n) is 3.61. The maximum absolute atomic E-state index is 13.5. The topological polar surface area (TPSA) is 62.2 Å². The Kier molecular flexibility index (Phi) is 5.03. The minimum Gasteiger partial charge on any atom is -0.483 e. The highest BCUT2D eigenvalue weighted by Gasteiger charge is 2.42. The van der Waals surface area contributed by atoms with Crippen LogP contribution in [-0.2, 0) is 7.05 Å². The maximum atomic E-state index is 13.5. The van der Waals surface area contributed by atoms with Gasteiger partial charge in [-0.2, -0.15) is 4.57 Å². The second kappa shape index (κ2) is 7.22. The van der Waals surface area contributed by atoms with Gasteiger partial charge in [-0.3, -0.25) is 4.90 Å². The van der Waals surface area contributed by atoms with Crippen molar-refractivity contribution in [3.8, 4) is 17.0 Å². The van der Waals surface area contributed by atoms with Crippen LogP contribution in [0, 0.1) is 0 Å². The normalized spacial score (nSPS) is 15.9. The molecule has 0 fully saturated rings. The highest BCUT2D eigenvalue weighted by atomic mass is 35.5. The predicted octanol–water partition coefficient (Wildman–Crippen LogP) is 3.89. The average Bonchev–Trinajstić information content (AvgIpc) is 3.22. The van der Waals surface area contributed by atoms with Crippen LogP contribution < -0.4 is 15.0 Å². The number of aromatic nitrogens is 3. The first-order valence-electron chi connectivity index (χ1n) is 8.52. The van der Waals surface area contributed by atoms with Gasteiger partial charge in [-0.25, -0.2) is 14.3 Å². The molecule has 1 unspecified atom stereocenters. The Morgan fingerprint density at radius 2 is 1.96 bits per heavy atom. The van der Waals surface area contributed by atoms with Crippen LogP contribution in [0.2, 0.25) is 14.5 Å². The lowest BCUT2D eigenvalue weighted by Gasteiger charge is -2.14. The van der Waals surface area contributed by atoms with Crippen molar-refractivity contribution in [2.24, 2.45) is 7.05 Å². The van der Waals surface area contributed by atoms with Crippen LogP contribution in [0.4, 0.5) is 5.95 Å². The Balaban J connectivity index is 2.02. The van der Waals surface area contributed by atoms with Crippen molar-refractivity contribution >= 4 is 52.1 Å². The van der Waals surface area contributed by atoms with Gasteiger partial charge in [0.15, 0.2) is 10.5 Å². The summed E-state index contributed by atoms with van der Waals surface area (Å²) in [4.78, 5) is 20.6. The summed E-state index contributed by atoms with van der Waals surface area (Å²) in [5.41, 5.74) is 0.283. The zero-order valence-corrected chi connectivity index (χ0v) is 18.1. The molecular weight excluding hydrogens is 443 g/mol. The molecule has 28 heavy (non-hydrogen) atoms. The largest absolute Gasteiger partial charge is 0.483 e. The fourth-order valence-corrected chi connectivity index (χ4v) is 5.17. The molecule has 0 spiro atoms. The van der Waals surface area contributed by atoms with Crippen LogP contribution in [0.1, 0.15) is 17.8 Å². The predicted molar refractivity (Wildman–Crippen MR) is 112 cm³/mol. The molecule has 146 valence electrons. The quantitative estimate of drug-likeness (QED) is 0.605. The van der Waals surface area contributed by atoms with Crippen LogP contribution in [-0.4, -0.2) is 27.7 Å². The highest BCUT2D eigenvalue weighted by Crippen LogP contribution is 2.37. The number of thiazole rings is 1. The SMILES string of the molecule is CCN1CC(c2cnc(Cl)s2)n2c1[n+](C)c(O)c(-c1cc(Cl)cc(Cl)c1)c2=O. The molecule has 6 nitrogen and oxygen atoms in total. The van der Waals surface area contributed by atoms with Gasteiger partial charge in [-0.1, -0.05) is 34.8 Å². The van der Waals surface area contributed by atoms with Crippen LogP contribution in [0.25, 0.3) is 11.1 Å². The van der Waals surface area contributed by atoms with E-state index in [1.165, 1.54) is 11.3 Å². The molecule has 0 saturated heterocycles. The zero-order chi connectivity index (χ0) is 20.2. The summed E-state index contributed by atoms with van der Waals surface area (Å²) >= 11 is 19.6. The van der Waals surface area contributed by atoms with Gasteiger partial charge in [-0.15, -0.1) is 11.3 Å². The standard InChI is InChI=1S/C18H15Cl3N4O2S/c1-3-24-8-12(13-7-22-17(21)28-13)25-16(27)14(15(26)23(2)18(24)25)9-4-10(19)6-11(20)5-9/h4-7,12H,3,8H2,1-2H3/p+1. The van der Waals surface area contributed by atoms with Crippen molar-refractivity contribution in [1.82, 2.24) is 9.55 Å². The lowest BCUT2D eigenvalue weighted by molar-refractivity contribution is -0.668. The van der Waals surface area contributed by atoms with Crippen molar-refractivity contribution < 1.29 is 9.67 Å². The van der Waals surface area contributed by atoms with Gasteiger partial charge < -0.3 is 5.11 Å². The molecular formula is C18H16Cl3N4O2S+. The number of benzene rings is 1. The van der Waals surface area contributed by atoms with E-state index in [1.54, 1.807) is 40.6 Å². The Morgan fingerprint density at radius 1 is 1.29 bits per heavy atom. The number of rotatable bonds is 3. The second-order valence-electron chi connectivity index (χ2n) is 6.46. The highest BCUT2D eigenvalue weighted by molar-refractivity contribution is 7.15. The number of hydrogen-bond donors (Lipinski definition) is 1. The average molecular weight is 459 g/mol. The Morgan fingerprint density at radius 3 is 2.54 bits per heavy atom. The smallest absolute Gasteiger partial charge is 0.366 e. The third-order valence-electron chi connectivity index (χ3n) is 4.83. The summed E-state index contributed by atoms with van der Waals surface area (Å²) in [6.45, 7) is 3.26. The molecule has 0 aliphatic carbocycles. The molecule has 1 aliphatic heterocycles. The van der Waals surface area contributed by atoms with Crippen molar-refractivity contribution in [2.45, 2.75) is 13.0 Å². The molecule has 10 heteroatoms. The molecule has 1 atom stereocenters. The van der Waals surface area contributed by atoms with Gasteiger partial charge in [0, 0.05) is 16.2 Å². The van der Waals surface area contributed by atoms with Gasteiger partial charge in [0.05, 0.1) is 18.5 Å². The fraction of sp³-hybridized carbons (Fsp3) is 0.278. The number of nitrogens with zero attached hydrogens (tertiary/aromatic N) is 4. The van der Waals surface area contributed by atoms with Crippen molar-refractivity contribution in [1.29, 1.82) is 0 Å². The van der Waals surface area contributed by atoms with E-state index in [1.807, 2.05) is 11.8 Å². The summed E-state index contributed by atoms with van der Waals surface area (Å²) in [5, 5.41) is 11.6. The summed E-state index contributed by atoms with van der Waals surface area (Å²) in [6.07, 6.45) is 1.69. The molecule has 0 saturated carbocycles. The number of hydrogen-bond acceptors (Lipinski definition) is 5. The van der Waals surface area contributed by atoms with Gasteiger partial charge in [0.1, 0.15) is 12.1 Å². The van der Waals surface area contributed by atoms with Crippen LogP contribution in [0.5, 0.6) is 5.88 Å². The van der Waals surface area contributed by atoms with Crippen LogP contribution in [0.15, 0.2) is 29.2 Å². The van der Waals surface area contributed by atoms with E-state index >= 15 is 0 Å². The molecule has 3 heterocycles. The lowest BCUT2D eigenvalue weighted by atomic mass is 10.1. The number of anilines is 1. The minimum atomic E-state index is -0.325. The van der Waals surface area contributed by atoms with Gasteiger partial charge in [0.2, 0.25) is 0 Å². The van der Waals surface area contributed by atoms with E-state index in [2.05, 4.69) is 4.98 Å². The third-order valence-corrected chi connectivity index (χ3v) is 6.49. The minimum absolute atomic E-state index is 0.143. The van der Waals surface area contributed by atoms with E-state index in [-0.39, 0.29) is 23.0 Å². The van der Waals surface area contributed by atoms with Gasteiger partial charge >= 0.3 is 11.5 Å². The number of fused-ring (bicyclic) bond motifs is 1. The van der Waals surface area contributed by atoms with E-state index in [9.17, 15) is 9.90 Å². The first-order valence-corrected chi connectivity index (χ1v) is 10.5. The molecule has 3 aromatic rings. The van der Waals surface area contributed by atoms with Gasteiger partial charge in [0.25, 0.3) is 5.88 Å². The number of aromatic hydroxyl groups is 1. The first kappa shape index (κ1) is 19.5. The van der Waals surface area contributed by atoms with E-state index in [0.29, 0.717) is 39.1 Å². The summed E-state index contributed by atoms with van der Waals surface area (Å²) in [7, 11) is 1.72. The Bertz CT molecular complexity index is 1120. The zero-order valence-electron chi connectivity index (χ0n) is 15.0. The molecule has 2 aromatic heterocycles. The molecule has 1 aromatic carbocycles. The van der Waals surface area contributed by atoms with Crippen LogP contribution >= 0.6 is 46.1 Å². The van der Waals surface area contributed by atoms with Crippen molar-refractivity contribution in [3.05, 3.63) is 54.1 Å². The monoisotopic (exact) mass is 457 g/mol. The molecule has 1 aliphatic rings. The second-order valence-corrected chi connectivity index (χ2v) is 8.98. The van der Waals surface area contributed by atoms with Crippen molar-refractivity contribution in [3.63, 3.8) is 0 Å². The Labute approximate surface area is 180 Å². The van der Waals surface area contributed by atoms with E-state index in [0.717, 1.165) is 4.88 Å². The lowest BCUT2D eigenvalue weighted by Crippen LogP contribution is -2.42. The van der Waals surface area contributed by atoms with E-state index < -0.39 is 0 Å². The summed E-state index contributed by atoms with van der Waals surface area (Å²) in [5.74, 6) is 0.479. The van der Waals surface area contributed by atoms with Crippen LogP contribution in [0.3, 0.4) is 0 Å². The molecule has 4 rings (SSSR count). The molecule has 0 bridgehead atoms. The summed E-state index contributed by atoms with van der Waals surface area (Å²) < 4.78 is 3.71. The van der Waals surface area contributed by atoms with E-state index in [4.69, 9.17) is 34.8 Å². The third kappa shape index (κ3) is 3.06. The number of likely N-dealkylation sites (N-methyl/N-ethyl adjacent to an activating group) is 1. The molecule has 0 amide bonds.